The number of aromatic nitrogens is 2. The molecule has 0 aliphatic rings. The van der Waals surface area contributed by atoms with Crippen molar-refractivity contribution in [1.82, 2.24) is 9.78 Å². The fourth-order valence-corrected chi connectivity index (χ4v) is 2.47. The van der Waals surface area contributed by atoms with Crippen LogP contribution in [-0.4, -0.2) is 14.9 Å². The van der Waals surface area contributed by atoms with Crippen LogP contribution in [0.15, 0.2) is 18.2 Å². The third-order valence-electron chi connectivity index (χ3n) is 2.94. The maximum atomic E-state index is 13.3. The van der Waals surface area contributed by atoms with Gasteiger partial charge in [-0.3, -0.25) is 4.68 Å². The first-order valence-corrected chi connectivity index (χ1v) is 6.46. The molecule has 1 unspecified atom stereocenters. The lowest BCUT2D eigenvalue weighted by Gasteiger charge is -2.11. The molecule has 6 heteroatoms. The van der Waals surface area contributed by atoms with Crippen molar-refractivity contribution in [2.24, 2.45) is 7.05 Å². The molecular weight excluding hydrogens is 290 g/mol. The van der Waals surface area contributed by atoms with E-state index in [1.165, 1.54) is 22.9 Å². The van der Waals surface area contributed by atoms with Gasteiger partial charge < -0.3 is 5.11 Å². The van der Waals surface area contributed by atoms with E-state index in [0.29, 0.717) is 10.7 Å². The van der Waals surface area contributed by atoms with Gasteiger partial charge in [0.1, 0.15) is 11.0 Å². The van der Waals surface area contributed by atoms with Gasteiger partial charge in [-0.2, -0.15) is 5.10 Å². The molecule has 0 aliphatic heterocycles. The highest BCUT2D eigenvalue weighted by atomic mass is 35.5. The van der Waals surface area contributed by atoms with Crippen molar-refractivity contribution in [3.63, 3.8) is 0 Å². The summed E-state index contributed by atoms with van der Waals surface area (Å²) in [6.45, 7) is 1.81. The largest absolute Gasteiger partial charge is 0.388 e. The summed E-state index contributed by atoms with van der Waals surface area (Å²) >= 11 is 11.9. The number of hydrogen-bond acceptors (Lipinski definition) is 2. The monoisotopic (exact) mass is 302 g/mol. The second-order valence-electron chi connectivity index (χ2n) is 4.40. The van der Waals surface area contributed by atoms with Gasteiger partial charge in [-0.05, 0) is 30.7 Å². The molecular formula is C13H13Cl2FN2O. The van der Waals surface area contributed by atoms with E-state index >= 15 is 0 Å². The maximum absolute atomic E-state index is 13.3. The zero-order chi connectivity index (χ0) is 14.2. The first-order chi connectivity index (χ1) is 8.88. The number of hydrogen-bond donors (Lipinski definition) is 1. The van der Waals surface area contributed by atoms with Crippen LogP contribution in [0.3, 0.4) is 0 Å². The Balaban J connectivity index is 2.27. The van der Waals surface area contributed by atoms with E-state index in [1.807, 2.05) is 6.92 Å². The van der Waals surface area contributed by atoms with Gasteiger partial charge in [0.25, 0.3) is 0 Å². The molecule has 19 heavy (non-hydrogen) atoms. The summed E-state index contributed by atoms with van der Waals surface area (Å²) in [5.74, 6) is -0.476. The van der Waals surface area contributed by atoms with E-state index in [1.54, 1.807) is 7.05 Å². The van der Waals surface area contributed by atoms with Crippen LogP contribution >= 0.6 is 23.2 Å². The first kappa shape index (κ1) is 14.3. The first-order valence-electron chi connectivity index (χ1n) is 5.70. The van der Waals surface area contributed by atoms with E-state index in [9.17, 15) is 9.50 Å². The van der Waals surface area contributed by atoms with Crippen LogP contribution in [-0.2, 0) is 13.5 Å². The number of rotatable bonds is 3. The Hall–Kier alpha value is -1.10. The summed E-state index contributed by atoms with van der Waals surface area (Å²) < 4.78 is 14.8. The van der Waals surface area contributed by atoms with E-state index in [2.05, 4.69) is 5.10 Å². The van der Waals surface area contributed by atoms with Crippen LogP contribution in [0.1, 0.15) is 22.9 Å². The second kappa shape index (κ2) is 5.49. The van der Waals surface area contributed by atoms with Crippen molar-refractivity contribution >= 4 is 23.2 Å². The Morgan fingerprint density at radius 2 is 2.05 bits per heavy atom. The van der Waals surface area contributed by atoms with Crippen LogP contribution in [0.5, 0.6) is 0 Å². The van der Waals surface area contributed by atoms with Crippen LogP contribution in [0.4, 0.5) is 4.39 Å². The van der Waals surface area contributed by atoms with Crippen molar-refractivity contribution < 1.29 is 9.50 Å². The molecule has 102 valence electrons. The quantitative estimate of drug-likeness (QED) is 0.943. The van der Waals surface area contributed by atoms with Gasteiger partial charge >= 0.3 is 0 Å². The lowest BCUT2D eigenvalue weighted by atomic mass is 10.0. The Kier molecular flexibility index (Phi) is 4.13. The Morgan fingerprint density at radius 3 is 2.58 bits per heavy atom. The molecule has 2 aromatic rings. The van der Waals surface area contributed by atoms with Gasteiger partial charge in [0, 0.05) is 24.1 Å². The van der Waals surface area contributed by atoms with Gasteiger partial charge in [-0.15, -0.1) is 0 Å². The van der Waals surface area contributed by atoms with Crippen molar-refractivity contribution in [2.45, 2.75) is 19.4 Å². The fourth-order valence-electron chi connectivity index (χ4n) is 1.98. The molecule has 0 amide bonds. The van der Waals surface area contributed by atoms with Crippen LogP contribution in [0, 0.1) is 12.7 Å². The number of halogens is 3. The smallest absolute Gasteiger partial charge is 0.130 e. The lowest BCUT2D eigenvalue weighted by molar-refractivity contribution is 0.178. The number of aryl methyl sites for hydroxylation is 2. The minimum Gasteiger partial charge on any atom is -0.388 e. The summed E-state index contributed by atoms with van der Waals surface area (Å²) in [6, 6.07) is 3.99. The molecule has 1 atom stereocenters. The highest BCUT2D eigenvalue weighted by Gasteiger charge is 2.17. The summed E-state index contributed by atoms with van der Waals surface area (Å²) in [7, 11) is 1.73. The molecule has 1 aromatic carbocycles. The third kappa shape index (κ3) is 3.08. The van der Waals surface area contributed by atoms with Gasteiger partial charge in [-0.1, -0.05) is 23.2 Å². The molecule has 3 nitrogen and oxygen atoms in total. The lowest BCUT2D eigenvalue weighted by Crippen LogP contribution is -2.03. The number of aliphatic hydroxyl groups is 1. The van der Waals surface area contributed by atoms with E-state index in [0.717, 1.165) is 11.3 Å². The fraction of sp³-hybridized carbons (Fsp3) is 0.308. The molecule has 0 fully saturated rings. The normalized spacial score (nSPS) is 12.7. The van der Waals surface area contributed by atoms with Crippen molar-refractivity contribution in [3.05, 3.63) is 51.0 Å². The minimum atomic E-state index is -0.881. The topological polar surface area (TPSA) is 38.0 Å². The van der Waals surface area contributed by atoms with E-state index in [4.69, 9.17) is 23.2 Å². The molecule has 0 spiro atoms. The molecule has 0 saturated heterocycles. The molecule has 0 aliphatic carbocycles. The Morgan fingerprint density at radius 1 is 1.37 bits per heavy atom. The van der Waals surface area contributed by atoms with Crippen molar-refractivity contribution in [2.75, 3.05) is 0 Å². The van der Waals surface area contributed by atoms with E-state index < -0.39 is 11.9 Å². The Labute approximate surface area is 120 Å². The van der Waals surface area contributed by atoms with Gasteiger partial charge in [0.05, 0.1) is 11.8 Å². The van der Waals surface area contributed by atoms with Crippen LogP contribution in [0.25, 0.3) is 0 Å². The summed E-state index contributed by atoms with van der Waals surface area (Å²) in [4.78, 5) is 0. The predicted molar refractivity (Wildman–Crippen MR) is 73.0 cm³/mol. The molecule has 0 bridgehead atoms. The highest BCUT2D eigenvalue weighted by molar-refractivity contribution is 6.30. The highest BCUT2D eigenvalue weighted by Crippen LogP contribution is 2.27. The van der Waals surface area contributed by atoms with Crippen molar-refractivity contribution in [3.8, 4) is 0 Å². The molecule has 1 aromatic heterocycles. The van der Waals surface area contributed by atoms with Gasteiger partial charge in [0.15, 0.2) is 0 Å². The standard InChI is InChI=1S/C13H13Cl2FN2O/c1-7-11(13(15)18(2)17-7)6-12(19)8-3-9(14)5-10(16)4-8/h3-5,12,19H,6H2,1-2H3. The number of benzene rings is 1. The summed E-state index contributed by atoms with van der Waals surface area (Å²) in [5, 5.41) is 15.1. The minimum absolute atomic E-state index is 0.253. The van der Waals surface area contributed by atoms with Crippen LogP contribution in [0.2, 0.25) is 10.2 Å². The number of nitrogens with zero attached hydrogens (tertiary/aromatic N) is 2. The molecule has 2 rings (SSSR count). The predicted octanol–water partition coefficient (Wildman–Crippen LogP) is 3.45. The Bertz CT molecular complexity index is 593. The third-order valence-corrected chi connectivity index (χ3v) is 3.63. The molecule has 0 saturated carbocycles. The zero-order valence-electron chi connectivity index (χ0n) is 10.5. The average Bonchev–Trinajstić information content (AvgIpc) is 2.54. The van der Waals surface area contributed by atoms with E-state index in [-0.39, 0.29) is 11.4 Å². The van der Waals surface area contributed by atoms with Gasteiger partial charge in [-0.25, -0.2) is 4.39 Å². The van der Waals surface area contributed by atoms with Crippen LogP contribution < -0.4 is 0 Å². The zero-order valence-corrected chi connectivity index (χ0v) is 12.0. The van der Waals surface area contributed by atoms with Crippen molar-refractivity contribution in [1.29, 1.82) is 0 Å². The molecule has 1 N–H and O–H groups in total. The van der Waals surface area contributed by atoms with Gasteiger partial charge in [0.2, 0.25) is 0 Å². The maximum Gasteiger partial charge on any atom is 0.130 e. The summed E-state index contributed by atoms with van der Waals surface area (Å²) in [5.41, 5.74) is 1.91. The molecule has 0 radical (unpaired) electrons. The average molecular weight is 303 g/mol. The number of aliphatic hydroxyl groups excluding tert-OH is 1. The molecule has 1 heterocycles. The second-order valence-corrected chi connectivity index (χ2v) is 5.20. The SMILES string of the molecule is Cc1nn(C)c(Cl)c1CC(O)c1cc(F)cc(Cl)c1. The summed E-state index contributed by atoms with van der Waals surface area (Å²) in [6.07, 6.45) is -0.619.